The van der Waals surface area contributed by atoms with E-state index >= 15 is 0 Å². The van der Waals surface area contributed by atoms with Crippen molar-refractivity contribution < 1.29 is 4.74 Å². The van der Waals surface area contributed by atoms with Crippen molar-refractivity contribution in [1.29, 1.82) is 0 Å². The van der Waals surface area contributed by atoms with Crippen LogP contribution in [-0.2, 0) is 4.74 Å². The lowest BCUT2D eigenvalue weighted by atomic mass is 9.76. The van der Waals surface area contributed by atoms with Crippen molar-refractivity contribution in [2.24, 2.45) is 5.92 Å². The maximum absolute atomic E-state index is 5.56. The highest BCUT2D eigenvalue weighted by atomic mass is 127. The Bertz CT molecular complexity index is 102. The van der Waals surface area contributed by atoms with Gasteiger partial charge in [0.05, 0.1) is 12.2 Å². The molecule has 3 fully saturated rings. The molecule has 1 saturated carbocycles. The summed E-state index contributed by atoms with van der Waals surface area (Å²) >= 11 is 2.42. The van der Waals surface area contributed by atoms with E-state index in [1.165, 1.54) is 17.3 Å². The van der Waals surface area contributed by atoms with E-state index in [0.29, 0.717) is 5.60 Å². The maximum Gasteiger partial charge on any atom is 0.0778 e. The lowest BCUT2D eigenvalue weighted by molar-refractivity contribution is 0.0278. The molecular weight excluding hydrogens is 215 g/mol. The molecule has 0 aromatic carbocycles. The molecular formula is C6H9IO. The molecule has 0 radical (unpaired) electrons. The van der Waals surface area contributed by atoms with Gasteiger partial charge in [-0.1, -0.05) is 22.6 Å². The summed E-state index contributed by atoms with van der Waals surface area (Å²) in [6.07, 6.45) is 2.69. The van der Waals surface area contributed by atoms with Gasteiger partial charge >= 0.3 is 0 Å². The minimum atomic E-state index is 0.366. The van der Waals surface area contributed by atoms with Crippen LogP contribution >= 0.6 is 22.6 Å². The largest absolute Gasteiger partial charge is 0.374 e. The van der Waals surface area contributed by atoms with E-state index in [2.05, 4.69) is 22.6 Å². The van der Waals surface area contributed by atoms with Crippen LogP contribution in [0.15, 0.2) is 0 Å². The van der Waals surface area contributed by atoms with Crippen molar-refractivity contribution in [2.45, 2.75) is 18.4 Å². The number of rotatable bonds is 1. The van der Waals surface area contributed by atoms with Gasteiger partial charge in [-0.2, -0.15) is 0 Å². The molecule has 2 bridgehead atoms. The van der Waals surface area contributed by atoms with Gasteiger partial charge in [-0.05, 0) is 18.8 Å². The van der Waals surface area contributed by atoms with Crippen LogP contribution in [0.5, 0.6) is 0 Å². The van der Waals surface area contributed by atoms with Crippen LogP contribution < -0.4 is 0 Å². The van der Waals surface area contributed by atoms with Crippen LogP contribution in [0.4, 0.5) is 0 Å². The Hall–Kier alpha value is 0.690. The molecule has 0 amide bonds. The van der Waals surface area contributed by atoms with Gasteiger partial charge in [-0.25, -0.2) is 0 Å². The summed E-state index contributed by atoms with van der Waals surface area (Å²) in [4.78, 5) is 0. The third-order valence-corrected chi connectivity index (χ3v) is 3.58. The van der Waals surface area contributed by atoms with Gasteiger partial charge in [0, 0.05) is 4.43 Å². The molecule has 0 N–H and O–H groups in total. The number of alkyl halides is 1. The number of hydrogen-bond donors (Lipinski definition) is 0. The zero-order valence-corrected chi connectivity index (χ0v) is 6.85. The van der Waals surface area contributed by atoms with E-state index in [9.17, 15) is 0 Å². The highest BCUT2D eigenvalue weighted by Gasteiger charge is 2.50. The second kappa shape index (κ2) is 1.59. The second-order valence-electron chi connectivity index (χ2n) is 2.90. The number of halogens is 1. The van der Waals surface area contributed by atoms with E-state index in [0.717, 1.165) is 12.5 Å². The van der Waals surface area contributed by atoms with Gasteiger partial charge in [0.25, 0.3) is 0 Å². The van der Waals surface area contributed by atoms with Gasteiger partial charge < -0.3 is 4.74 Å². The van der Waals surface area contributed by atoms with Crippen LogP contribution in [0, 0.1) is 5.92 Å². The zero-order valence-electron chi connectivity index (χ0n) is 4.69. The first-order chi connectivity index (χ1) is 3.85. The van der Waals surface area contributed by atoms with Gasteiger partial charge in [0.2, 0.25) is 0 Å². The van der Waals surface area contributed by atoms with Crippen molar-refractivity contribution in [2.75, 3.05) is 11.0 Å². The molecule has 0 aromatic rings. The number of hydrogen-bond acceptors (Lipinski definition) is 1. The van der Waals surface area contributed by atoms with Gasteiger partial charge in [0.15, 0.2) is 0 Å². The van der Waals surface area contributed by atoms with Crippen LogP contribution in [0.3, 0.4) is 0 Å². The van der Waals surface area contributed by atoms with Crippen LogP contribution in [0.25, 0.3) is 0 Å². The van der Waals surface area contributed by atoms with E-state index in [1.54, 1.807) is 0 Å². The zero-order chi connectivity index (χ0) is 5.61. The highest BCUT2D eigenvalue weighted by Crippen LogP contribution is 2.49. The molecule has 0 spiro atoms. The van der Waals surface area contributed by atoms with Gasteiger partial charge in [-0.15, -0.1) is 0 Å². The van der Waals surface area contributed by atoms with Crippen molar-refractivity contribution in [3.05, 3.63) is 0 Å². The molecule has 2 saturated heterocycles. The van der Waals surface area contributed by atoms with Gasteiger partial charge in [-0.3, -0.25) is 0 Å². The predicted octanol–water partition coefficient (Wildman–Crippen LogP) is 1.60. The molecule has 1 aliphatic carbocycles. The molecule has 2 heteroatoms. The fraction of sp³-hybridized carbons (Fsp3) is 1.00. The van der Waals surface area contributed by atoms with E-state index < -0.39 is 0 Å². The average Bonchev–Trinajstić information content (AvgIpc) is 2.17. The standard InChI is InChI=1S/C6H9IO/c7-4-6-1-5(2-6)3-8-6/h5H,1-4H2. The molecule has 8 heavy (non-hydrogen) atoms. The predicted molar refractivity (Wildman–Crippen MR) is 40.3 cm³/mol. The lowest BCUT2D eigenvalue weighted by Gasteiger charge is -2.33. The third kappa shape index (κ3) is 0.559. The Morgan fingerprint density at radius 2 is 2.38 bits per heavy atom. The van der Waals surface area contributed by atoms with E-state index in [-0.39, 0.29) is 0 Å². The molecule has 3 rings (SSSR count). The summed E-state index contributed by atoms with van der Waals surface area (Å²) in [5.74, 6) is 0.935. The van der Waals surface area contributed by atoms with Gasteiger partial charge in [0.1, 0.15) is 0 Å². The van der Waals surface area contributed by atoms with Crippen molar-refractivity contribution in [3.63, 3.8) is 0 Å². The topological polar surface area (TPSA) is 9.23 Å². The number of ether oxygens (including phenoxy) is 1. The lowest BCUT2D eigenvalue weighted by Crippen LogP contribution is -2.37. The Morgan fingerprint density at radius 3 is 2.62 bits per heavy atom. The smallest absolute Gasteiger partial charge is 0.0778 e. The average molecular weight is 224 g/mol. The summed E-state index contributed by atoms with van der Waals surface area (Å²) in [7, 11) is 0. The molecule has 0 atom stereocenters. The monoisotopic (exact) mass is 224 g/mol. The van der Waals surface area contributed by atoms with Crippen LogP contribution in [0.2, 0.25) is 0 Å². The first-order valence-electron chi connectivity index (χ1n) is 3.05. The quantitative estimate of drug-likeness (QED) is 0.485. The molecule has 1 nitrogen and oxygen atoms in total. The summed E-state index contributed by atoms with van der Waals surface area (Å²) in [5, 5.41) is 0. The van der Waals surface area contributed by atoms with Crippen LogP contribution in [0.1, 0.15) is 12.8 Å². The van der Waals surface area contributed by atoms with Crippen LogP contribution in [-0.4, -0.2) is 16.6 Å². The summed E-state index contributed by atoms with van der Waals surface area (Å²) in [5.41, 5.74) is 0.366. The third-order valence-electron chi connectivity index (χ3n) is 2.19. The van der Waals surface area contributed by atoms with E-state index in [4.69, 9.17) is 4.74 Å². The number of fused-ring (bicyclic) bond motifs is 1. The molecule has 3 aliphatic rings. The summed E-state index contributed by atoms with van der Waals surface area (Å²) in [6.45, 7) is 1.04. The minimum Gasteiger partial charge on any atom is -0.374 e. The minimum absolute atomic E-state index is 0.366. The molecule has 2 heterocycles. The maximum atomic E-state index is 5.56. The Labute approximate surface area is 62.9 Å². The highest BCUT2D eigenvalue weighted by molar-refractivity contribution is 14.1. The van der Waals surface area contributed by atoms with E-state index in [1.807, 2.05) is 0 Å². The van der Waals surface area contributed by atoms with Crippen molar-refractivity contribution >= 4 is 22.6 Å². The first-order valence-corrected chi connectivity index (χ1v) is 4.57. The molecule has 2 aliphatic heterocycles. The summed E-state index contributed by atoms with van der Waals surface area (Å²) in [6, 6.07) is 0. The summed E-state index contributed by atoms with van der Waals surface area (Å²) < 4.78 is 6.75. The molecule has 46 valence electrons. The first kappa shape index (κ1) is 5.47. The normalized spacial score (nSPS) is 51.4. The second-order valence-corrected chi connectivity index (χ2v) is 3.66. The van der Waals surface area contributed by atoms with Crippen molar-refractivity contribution in [3.8, 4) is 0 Å². The Morgan fingerprint density at radius 1 is 1.62 bits per heavy atom. The molecule has 0 aromatic heterocycles. The van der Waals surface area contributed by atoms with Crippen molar-refractivity contribution in [1.82, 2.24) is 0 Å². The Balaban J connectivity index is 2.09. The fourth-order valence-electron chi connectivity index (χ4n) is 1.67. The fourth-order valence-corrected chi connectivity index (χ4v) is 2.51. The molecule has 0 unspecified atom stereocenters. The SMILES string of the molecule is ICC12CC(CO1)C2. The Kier molecular flexibility index (Phi) is 1.09.